The zero-order chi connectivity index (χ0) is 34.6. The van der Waals surface area contributed by atoms with Gasteiger partial charge in [-0.2, -0.15) is 0 Å². The Morgan fingerprint density at radius 1 is 1.06 bits per heavy atom. The number of carbonyl (C=O) groups excluding carboxylic acids is 3. The van der Waals surface area contributed by atoms with E-state index in [0.717, 1.165) is 30.8 Å². The van der Waals surface area contributed by atoms with Crippen molar-refractivity contribution < 1.29 is 27.9 Å². The third-order valence-corrected chi connectivity index (χ3v) is 9.18. The maximum absolute atomic E-state index is 14.4. The van der Waals surface area contributed by atoms with Gasteiger partial charge in [-0.1, -0.05) is 32.9 Å². The van der Waals surface area contributed by atoms with Gasteiger partial charge in [0, 0.05) is 38.7 Å². The zero-order valence-electron chi connectivity index (χ0n) is 28.3. The number of amides is 3. The Bertz CT molecular complexity index is 1570. The number of hydrogen-bond acceptors (Lipinski definition) is 6. The van der Waals surface area contributed by atoms with E-state index in [0.29, 0.717) is 30.8 Å². The largest absolute Gasteiger partial charge is 0.489 e. The summed E-state index contributed by atoms with van der Waals surface area (Å²) in [6.07, 6.45) is 4.02. The van der Waals surface area contributed by atoms with E-state index in [9.17, 15) is 23.2 Å². The minimum Gasteiger partial charge on any atom is -0.489 e. The second-order valence-electron chi connectivity index (χ2n) is 13.9. The normalized spacial score (nSPS) is 18.7. The van der Waals surface area contributed by atoms with Crippen LogP contribution in [-0.2, 0) is 29.0 Å². The lowest BCUT2D eigenvalue weighted by molar-refractivity contribution is -0.141. The average Bonchev–Trinajstić information content (AvgIpc) is 3.78. The van der Waals surface area contributed by atoms with Crippen LogP contribution in [0.5, 0.6) is 5.75 Å². The Labute approximate surface area is 280 Å². The monoisotopic (exact) mass is 664 g/mol. The van der Waals surface area contributed by atoms with Gasteiger partial charge < -0.3 is 29.7 Å². The molecule has 5 rings (SSSR count). The van der Waals surface area contributed by atoms with Crippen molar-refractivity contribution in [3.05, 3.63) is 83.4 Å². The van der Waals surface area contributed by atoms with Gasteiger partial charge in [-0.05, 0) is 74.2 Å². The van der Waals surface area contributed by atoms with E-state index in [1.54, 1.807) is 54.2 Å². The van der Waals surface area contributed by atoms with E-state index in [1.807, 2.05) is 25.3 Å². The number of fused-ring (bicyclic) bond motifs is 1. The van der Waals surface area contributed by atoms with Crippen LogP contribution >= 0.6 is 0 Å². The van der Waals surface area contributed by atoms with Crippen LogP contribution in [0.1, 0.15) is 62.4 Å². The molecule has 1 saturated heterocycles. The fraction of sp³-hybridized carbons (Fsp3) is 0.500. The highest BCUT2D eigenvalue weighted by molar-refractivity contribution is 5.93. The number of aromatic nitrogens is 2. The van der Waals surface area contributed by atoms with Crippen molar-refractivity contribution >= 4 is 17.7 Å². The van der Waals surface area contributed by atoms with E-state index in [2.05, 4.69) is 15.6 Å². The van der Waals surface area contributed by atoms with Crippen LogP contribution in [0.25, 0.3) is 0 Å². The Balaban J connectivity index is 1.44. The highest BCUT2D eigenvalue weighted by atomic mass is 19.1. The van der Waals surface area contributed by atoms with E-state index >= 15 is 0 Å². The summed E-state index contributed by atoms with van der Waals surface area (Å²) in [6.45, 7) is 8.94. The number of carbonyl (C=O) groups is 3. The molecule has 1 fully saturated rings. The smallest absolute Gasteiger partial charge is 0.274 e. The Kier molecular flexibility index (Phi) is 10.8. The molecule has 2 aliphatic rings. The predicted molar refractivity (Wildman–Crippen MR) is 177 cm³/mol. The number of nitrogens with one attached hydrogen (secondary N) is 2. The van der Waals surface area contributed by atoms with Gasteiger partial charge in [0.1, 0.15) is 41.0 Å². The zero-order valence-corrected chi connectivity index (χ0v) is 28.3. The van der Waals surface area contributed by atoms with E-state index in [4.69, 9.17) is 4.74 Å². The minimum absolute atomic E-state index is 0.189. The first kappa shape index (κ1) is 35.0. The quantitative estimate of drug-likeness (QED) is 0.304. The molecule has 4 atom stereocenters. The van der Waals surface area contributed by atoms with Crippen molar-refractivity contribution in [2.24, 2.45) is 5.41 Å². The molecular formula is C36H46F2N6O4. The number of benzene rings is 2. The van der Waals surface area contributed by atoms with Crippen molar-refractivity contribution in [3.63, 3.8) is 0 Å². The van der Waals surface area contributed by atoms with Crippen LogP contribution < -0.4 is 15.4 Å². The number of likely N-dealkylation sites (tertiary alicyclic amines) is 1. The van der Waals surface area contributed by atoms with Crippen molar-refractivity contribution in [1.29, 1.82) is 0 Å². The van der Waals surface area contributed by atoms with Gasteiger partial charge >= 0.3 is 0 Å². The van der Waals surface area contributed by atoms with Crippen LogP contribution in [0.15, 0.2) is 54.7 Å². The molecule has 48 heavy (non-hydrogen) atoms. The summed E-state index contributed by atoms with van der Waals surface area (Å²) < 4.78 is 35.5. The SMILES string of the molecule is CN[C@@H](C)C(=O)N[C@H](C(=O)N1C[C@@H](Oc2ccc(F)cc2)C[C@H]1CN(CCc1ccc(F)cc1)C(=O)c1cn2c(n1)CCC2)C(C)(C)C. The number of rotatable bonds is 12. The molecule has 0 spiro atoms. The van der Waals surface area contributed by atoms with Crippen LogP contribution in [0, 0.1) is 17.0 Å². The van der Waals surface area contributed by atoms with Gasteiger partial charge in [-0.25, -0.2) is 13.8 Å². The van der Waals surface area contributed by atoms with Gasteiger partial charge in [0.2, 0.25) is 11.8 Å². The maximum atomic E-state index is 14.4. The molecule has 1 aromatic heterocycles. The summed E-state index contributed by atoms with van der Waals surface area (Å²) in [7, 11) is 1.68. The molecule has 3 amide bonds. The summed E-state index contributed by atoms with van der Waals surface area (Å²) in [5, 5.41) is 5.87. The van der Waals surface area contributed by atoms with Crippen LogP contribution in [-0.4, -0.2) is 88.0 Å². The molecule has 0 saturated carbocycles. The molecule has 3 aromatic rings. The molecule has 0 aliphatic carbocycles. The number of halogens is 2. The Hall–Kier alpha value is -4.32. The van der Waals surface area contributed by atoms with E-state index < -0.39 is 29.6 Å². The van der Waals surface area contributed by atoms with Crippen LogP contribution in [0.2, 0.25) is 0 Å². The molecular weight excluding hydrogens is 618 g/mol. The Morgan fingerprint density at radius 2 is 1.73 bits per heavy atom. The molecule has 0 radical (unpaired) electrons. The molecule has 2 N–H and O–H groups in total. The average molecular weight is 665 g/mol. The van der Waals surface area contributed by atoms with Crippen molar-refractivity contribution in [1.82, 2.24) is 30.0 Å². The molecule has 258 valence electrons. The highest BCUT2D eigenvalue weighted by Gasteiger charge is 2.44. The van der Waals surface area contributed by atoms with Gasteiger partial charge in [0.15, 0.2) is 0 Å². The third kappa shape index (κ3) is 8.39. The minimum atomic E-state index is -0.854. The summed E-state index contributed by atoms with van der Waals surface area (Å²) in [4.78, 5) is 49.6. The van der Waals surface area contributed by atoms with Gasteiger partial charge in [-0.15, -0.1) is 0 Å². The molecule has 2 aromatic carbocycles. The van der Waals surface area contributed by atoms with Crippen LogP contribution in [0.3, 0.4) is 0 Å². The van der Waals surface area contributed by atoms with Crippen molar-refractivity contribution in [2.75, 3.05) is 26.7 Å². The van der Waals surface area contributed by atoms with E-state index in [1.165, 1.54) is 24.3 Å². The lowest BCUT2D eigenvalue weighted by atomic mass is 9.85. The lowest BCUT2D eigenvalue weighted by Crippen LogP contribution is -2.59. The predicted octanol–water partition coefficient (Wildman–Crippen LogP) is 3.98. The number of ether oxygens (including phenoxy) is 1. The van der Waals surface area contributed by atoms with E-state index in [-0.39, 0.29) is 42.4 Å². The van der Waals surface area contributed by atoms with Gasteiger partial charge in [0.05, 0.1) is 18.6 Å². The molecule has 2 aliphatic heterocycles. The topological polar surface area (TPSA) is 109 Å². The standard InChI is InChI=1S/C36H46F2N6O4/c1-23(39-5)33(45)41-32(36(2,3)4)35(47)44-21-29(48-28-14-12-26(38)13-15-28)19-27(44)20-43(18-16-24-8-10-25(37)11-9-24)34(46)30-22-42-17-6-7-31(42)40-30/h8-15,22-23,27,29,32,39H,6-7,16-21H2,1-5H3,(H,41,45)/t23-,27-,29-,32+/m0/s1. The summed E-state index contributed by atoms with van der Waals surface area (Å²) >= 11 is 0. The van der Waals surface area contributed by atoms with Crippen molar-refractivity contribution in [3.8, 4) is 5.75 Å². The van der Waals surface area contributed by atoms with Crippen molar-refractivity contribution in [2.45, 2.75) is 84.2 Å². The van der Waals surface area contributed by atoms with Crippen LogP contribution in [0.4, 0.5) is 8.78 Å². The number of likely N-dealkylation sites (N-methyl/N-ethyl adjacent to an activating group) is 1. The second kappa shape index (κ2) is 14.8. The summed E-state index contributed by atoms with van der Waals surface area (Å²) in [6, 6.07) is 10.1. The van der Waals surface area contributed by atoms with Gasteiger partial charge in [0.25, 0.3) is 5.91 Å². The third-order valence-electron chi connectivity index (χ3n) is 9.18. The first-order valence-electron chi connectivity index (χ1n) is 16.6. The summed E-state index contributed by atoms with van der Waals surface area (Å²) in [5.74, 6) is -0.208. The molecule has 10 nitrogen and oxygen atoms in total. The number of nitrogens with zero attached hydrogens (tertiary/aromatic N) is 4. The summed E-state index contributed by atoms with van der Waals surface area (Å²) in [5.41, 5.74) is 0.586. The highest BCUT2D eigenvalue weighted by Crippen LogP contribution is 2.29. The fourth-order valence-electron chi connectivity index (χ4n) is 6.29. The molecule has 3 heterocycles. The molecule has 0 unspecified atom stereocenters. The number of imidazole rings is 1. The molecule has 0 bridgehead atoms. The lowest BCUT2D eigenvalue weighted by Gasteiger charge is -2.37. The number of aryl methyl sites for hydroxylation is 2. The first-order chi connectivity index (χ1) is 22.8. The van der Waals surface area contributed by atoms with Gasteiger partial charge in [-0.3, -0.25) is 14.4 Å². The fourth-order valence-corrected chi connectivity index (χ4v) is 6.29. The number of hydrogen-bond donors (Lipinski definition) is 2. The first-order valence-corrected chi connectivity index (χ1v) is 16.6. The second-order valence-corrected chi connectivity index (χ2v) is 13.9. The maximum Gasteiger partial charge on any atom is 0.274 e. The Morgan fingerprint density at radius 3 is 2.35 bits per heavy atom. The molecule has 12 heteroatoms.